The SMILES string of the molecule is COC(=O)N(C)[C@@H]1[C@H](N)CN(c2ccncc2Cc2ncc3ccc(-c4c(F)cc(C5(O)CCCC5)cc4F)nn23)C[C@@H]1C. The topological polar surface area (TPSA) is 122 Å². The molecule has 3 N–H and O–H groups in total. The summed E-state index contributed by atoms with van der Waals surface area (Å²) in [4.78, 5) is 24.9. The summed E-state index contributed by atoms with van der Waals surface area (Å²) in [5.74, 6) is -0.900. The van der Waals surface area contributed by atoms with Crippen LogP contribution in [0, 0.1) is 17.6 Å². The summed E-state index contributed by atoms with van der Waals surface area (Å²) in [5, 5.41) is 15.5. The predicted molar refractivity (Wildman–Crippen MR) is 161 cm³/mol. The largest absolute Gasteiger partial charge is 0.453 e. The van der Waals surface area contributed by atoms with E-state index >= 15 is 8.78 Å². The van der Waals surface area contributed by atoms with E-state index < -0.39 is 23.3 Å². The van der Waals surface area contributed by atoms with E-state index in [0.717, 1.165) is 24.1 Å². The number of hydrogen-bond acceptors (Lipinski definition) is 8. The van der Waals surface area contributed by atoms with Gasteiger partial charge in [-0.15, -0.1) is 0 Å². The molecule has 1 amide bonds. The fourth-order valence-electron chi connectivity index (χ4n) is 7.00. The number of pyridine rings is 1. The number of fused-ring (bicyclic) bond motifs is 1. The number of anilines is 1. The third kappa shape index (κ3) is 5.36. The summed E-state index contributed by atoms with van der Waals surface area (Å²) in [6.07, 6.45) is 7.70. The highest BCUT2D eigenvalue weighted by molar-refractivity contribution is 5.68. The van der Waals surface area contributed by atoms with E-state index in [4.69, 9.17) is 10.5 Å². The van der Waals surface area contributed by atoms with E-state index in [0.29, 0.717) is 43.7 Å². The number of piperidine rings is 1. The van der Waals surface area contributed by atoms with Gasteiger partial charge >= 0.3 is 6.09 Å². The normalized spacial score (nSPS) is 21.5. The minimum atomic E-state index is -1.20. The molecule has 2 aliphatic rings. The van der Waals surface area contributed by atoms with Crippen LogP contribution in [0.1, 0.15) is 49.6 Å². The van der Waals surface area contributed by atoms with Crippen LogP contribution in [0.4, 0.5) is 19.3 Å². The van der Waals surface area contributed by atoms with E-state index in [1.807, 2.05) is 6.07 Å². The number of amides is 1. The number of carbonyl (C=O) groups excluding carboxylic acids is 1. The summed E-state index contributed by atoms with van der Waals surface area (Å²) >= 11 is 0. The number of aliphatic hydroxyl groups is 1. The standard InChI is InChI=1S/C32H37F2N7O3/c1-19-17-40(18-25(35)30(19)39(2)31(42)44-3)27-8-11-36-15-20(27)12-28-37-16-22-6-7-26(38-41(22)28)29-23(33)13-21(14-24(29)34)32(43)9-4-5-10-32/h6-8,11,13-16,19,25,30,43H,4-5,9-10,12,17-18,35H2,1-3H3/t19-,25+,30-/m0/s1. The van der Waals surface area contributed by atoms with E-state index in [-0.39, 0.29) is 34.8 Å². The zero-order chi connectivity index (χ0) is 31.2. The van der Waals surface area contributed by atoms with Gasteiger partial charge in [-0.1, -0.05) is 19.8 Å². The summed E-state index contributed by atoms with van der Waals surface area (Å²) in [6, 6.07) is 7.18. The lowest BCUT2D eigenvalue weighted by atomic mass is 9.88. The van der Waals surface area contributed by atoms with Crippen molar-refractivity contribution < 1.29 is 23.4 Å². The molecule has 1 aliphatic heterocycles. The van der Waals surface area contributed by atoms with Crippen LogP contribution >= 0.6 is 0 Å². The molecule has 1 aromatic carbocycles. The zero-order valence-electron chi connectivity index (χ0n) is 25.1. The minimum Gasteiger partial charge on any atom is -0.453 e. The molecule has 0 radical (unpaired) electrons. The molecule has 44 heavy (non-hydrogen) atoms. The van der Waals surface area contributed by atoms with Gasteiger partial charge < -0.3 is 25.4 Å². The molecule has 10 nitrogen and oxygen atoms in total. The lowest BCUT2D eigenvalue weighted by molar-refractivity contribution is 0.0438. The molecule has 0 bridgehead atoms. The maximum Gasteiger partial charge on any atom is 0.409 e. The van der Waals surface area contributed by atoms with Gasteiger partial charge in [0.05, 0.1) is 41.7 Å². The maximum absolute atomic E-state index is 15.4. The summed E-state index contributed by atoms with van der Waals surface area (Å²) in [5.41, 5.74) is 8.02. The van der Waals surface area contributed by atoms with Crippen molar-refractivity contribution in [3.8, 4) is 11.3 Å². The van der Waals surface area contributed by atoms with Crippen LogP contribution in [0.2, 0.25) is 0 Å². The summed E-state index contributed by atoms with van der Waals surface area (Å²) in [6.45, 7) is 3.23. The Balaban J connectivity index is 1.28. The van der Waals surface area contributed by atoms with E-state index in [1.54, 1.807) is 47.2 Å². The lowest BCUT2D eigenvalue weighted by Crippen LogP contribution is -2.62. The molecule has 6 rings (SSSR count). The highest BCUT2D eigenvalue weighted by atomic mass is 19.1. The molecule has 1 saturated carbocycles. The van der Waals surface area contributed by atoms with Gasteiger partial charge in [0.15, 0.2) is 0 Å². The number of likely N-dealkylation sites (N-methyl/N-ethyl adjacent to an activating group) is 1. The maximum atomic E-state index is 15.4. The highest BCUT2D eigenvalue weighted by Gasteiger charge is 2.38. The van der Waals surface area contributed by atoms with Gasteiger partial charge in [-0.25, -0.2) is 23.1 Å². The van der Waals surface area contributed by atoms with Crippen molar-refractivity contribution in [1.82, 2.24) is 24.5 Å². The van der Waals surface area contributed by atoms with Gasteiger partial charge in [-0.3, -0.25) is 4.98 Å². The molecule has 1 aliphatic carbocycles. The van der Waals surface area contributed by atoms with Gasteiger partial charge in [0, 0.05) is 56.2 Å². The first-order chi connectivity index (χ1) is 21.1. The molecule has 2 fully saturated rings. The van der Waals surface area contributed by atoms with Crippen LogP contribution in [0.3, 0.4) is 0 Å². The minimum absolute atomic E-state index is 0.0610. The Hall–Kier alpha value is -4.16. The molecule has 3 atom stereocenters. The van der Waals surface area contributed by atoms with E-state index in [1.165, 1.54) is 19.2 Å². The molecule has 232 valence electrons. The number of ether oxygens (including phenoxy) is 1. The molecule has 4 heterocycles. The fraction of sp³-hybridized carbons (Fsp3) is 0.438. The second-order valence-corrected chi connectivity index (χ2v) is 12.1. The summed E-state index contributed by atoms with van der Waals surface area (Å²) in [7, 11) is 3.06. The number of aromatic nitrogens is 4. The van der Waals surface area contributed by atoms with Crippen LogP contribution < -0.4 is 10.6 Å². The number of rotatable bonds is 6. The Kier molecular flexibility index (Phi) is 7.97. The van der Waals surface area contributed by atoms with E-state index in [2.05, 4.69) is 26.9 Å². The average molecular weight is 606 g/mol. The highest BCUT2D eigenvalue weighted by Crippen LogP contribution is 2.40. The molecule has 12 heteroatoms. The number of halogens is 2. The second-order valence-electron chi connectivity index (χ2n) is 12.1. The molecule has 0 spiro atoms. The monoisotopic (exact) mass is 605 g/mol. The Bertz CT molecular complexity index is 1650. The van der Waals surface area contributed by atoms with Gasteiger partial charge in [0.25, 0.3) is 0 Å². The molecule has 1 saturated heterocycles. The predicted octanol–water partition coefficient (Wildman–Crippen LogP) is 4.27. The van der Waals surface area contributed by atoms with Crippen molar-refractivity contribution in [3.63, 3.8) is 0 Å². The number of hydrogen-bond donors (Lipinski definition) is 2. The number of methoxy groups -OCH3 is 1. The lowest BCUT2D eigenvalue weighted by Gasteiger charge is -2.45. The van der Waals surface area contributed by atoms with Crippen molar-refractivity contribution in [2.75, 3.05) is 32.1 Å². The Morgan fingerprint density at radius 1 is 1.16 bits per heavy atom. The Labute approximate surface area is 254 Å². The second kappa shape index (κ2) is 11.7. The third-order valence-corrected chi connectivity index (χ3v) is 9.16. The van der Waals surface area contributed by atoms with Crippen molar-refractivity contribution >= 4 is 17.3 Å². The quantitative estimate of drug-likeness (QED) is 0.334. The molecule has 0 unspecified atom stereocenters. The van der Waals surface area contributed by atoms with Gasteiger partial charge in [0.2, 0.25) is 0 Å². The van der Waals surface area contributed by atoms with Crippen LogP contribution in [0.15, 0.2) is 48.9 Å². The number of nitrogens with two attached hydrogens (primary N) is 1. The first-order valence-electron chi connectivity index (χ1n) is 14.9. The average Bonchev–Trinajstić information content (AvgIpc) is 3.63. The zero-order valence-corrected chi connectivity index (χ0v) is 25.1. The third-order valence-electron chi connectivity index (χ3n) is 9.16. The number of nitrogens with zero attached hydrogens (tertiary/aromatic N) is 6. The molecule has 4 aromatic rings. The van der Waals surface area contributed by atoms with Gasteiger partial charge in [-0.2, -0.15) is 5.10 Å². The van der Waals surface area contributed by atoms with Crippen LogP contribution in [-0.2, 0) is 16.8 Å². The van der Waals surface area contributed by atoms with Crippen molar-refractivity contribution in [3.05, 3.63) is 77.5 Å². The first-order valence-corrected chi connectivity index (χ1v) is 14.9. The molecular weight excluding hydrogens is 568 g/mol. The Morgan fingerprint density at radius 2 is 1.89 bits per heavy atom. The number of benzene rings is 1. The fourth-order valence-corrected chi connectivity index (χ4v) is 7.00. The number of imidazole rings is 1. The van der Waals surface area contributed by atoms with Crippen LogP contribution in [-0.4, -0.2) is 75.0 Å². The summed E-state index contributed by atoms with van der Waals surface area (Å²) < 4.78 is 37.3. The Morgan fingerprint density at radius 3 is 2.57 bits per heavy atom. The molecular formula is C32H37F2N7O3. The van der Waals surface area contributed by atoms with Crippen molar-refractivity contribution in [1.29, 1.82) is 0 Å². The van der Waals surface area contributed by atoms with Crippen molar-refractivity contribution in [2.24, 2.45) is 11.7 Å². The van der Waals surface area contributed by atoms with Gasteiger partial charge in [-0.05, 0) is 54.7 Å². The number of carbonyl (C=O) groups is 1. The van der Waals surface area contributed by atoms with Crippen LogP contribution in [0.5, 0.6) is 0 Å². The smallest absolute Gasteiger partial charge is 0.409 e. The van der Waals surface area contributed by atoms with Gasteiger partial charge in [0.1, 0.15) is 17.5 Å². The first kappa shape index (κ1) is 29.9. The van der Waals surface area contributed by atoms with Crippen molar-refractivity contribution in [2.45, 2.75) is 56.7 Å². The molecule has 3 aromatic heterocycles. The van der Waals surface area contributed by atoms with E-state index in [9.17, 15) is 9.90 Å². The van der Waals surface area contributed by atoms with Crippen LogP contribution in [0.25, 0.3) is 16.8 Å².